The first-order valence-corrected chi connectivity index (χ1v) is 10.1. The molecule has 10 heteroatoms. The third-order valence-electron chi connectivity index (χ3n) is 3.52. The largest absolute Gasteiger partial charge is 0.272 e. The number of halogens is 1. The van der Waals surface area contributed by atoms with Crippen LogP contribution in [0.5, 0.6) is 0 Å². The summed E-state index contributed by atoms with van der Waals surface area (Å²) in [5.74, 6) is -1.15. The van der Waals surface area contributed by atoms with Gasteiger partial charge in [-0.25, -0.2) is 8.42 Å². The van der Waals surface area contributed by atoms with E-state index in [9.17, 15) is 18.0 Å². The molecule has 2 amide bonds. The van der Waals surface area contributed by atoms with Crippen LogP contribution in [0.2, 0.25) is 4.34 Å². The van der Waals surface area contributed by atoms with Gasteiger partial charge in [-0.15, -0.1) is 11.3 Å². The molecule has 0 aliphatic carbocycles. The topological polar surface area (TPSA) is 95.6 Å². The van der Waals surface area contributed by atoms with Gasteiger partial charge in [-0.3, -0.25) is 20.4 Å². The first kappa shape index (κ1) is 20.4. The maximum Gasteiger partial charge on any atom is 0.269 e. The molecule has 26 heavy (non-hydrogen) atoms. The summed E-state index contributed by atoms with van der Waals surface area (Å²) in [6.45, 7) is 3.24. The van der Waals surface area contributed by atoms with Crippen LogP contribution >= 0.6 is 22.9 Å². The average Bonchev–Trinajstić information content (AvgIpc) is 2.99. The number of thiophene rings is 1. The molecule has 2 aromatic rings. The van der Waals surface area contributed by atoms with Crippen molar-refractivity contribution < 1.29 is 18.0 Å². The Kier molecular flexibility index (Phi) is 6.40. The van der Waals surface area contributed by atoms with Crippen molar-refractivity contribution in [1.82, 2.24) is 15.2 Å². The van der Waals surface area contributed by atoms with Crippen molar-refractivity contribution >= 4 is 44.8 Å². The third kappa shape index (κ3) is 4.82. The molecule has 0 spiro atoms. The van der Waals surface area contributed by atoms with Crippen molar-refractivity contribution in [3.8, 4) is 0 Å². The van der Waals surface area contributed by atoms with E-state index in [1.54, 1.807) is 19.1 Å². The summed E-state index contributed by atoms with van der Waals surface area (Å²) >= 11 is 6.65. The fourth-order valence-corrected chi connectivity index (χ4v) is 5.00. The van der Waals surface area contributed by atoms with Crippen molar-refractivity contribution in [2.24, 2.45) is 0 Å². The minimum absolute atomic E-state index is 0.0390. The zero-order valence-corrected chi connectivity index (χ0v) is 16.8. The van der Waals surface area contributed by atoms with E-state index in [2.05, 4.69) is 10.9 Å². The summed E-state index contributed by atoms with van der Waals surface area (Å²) in [7, 11) is -2.55. The number of hydrogen-bond acceptors (Lipinski definition) is 5. The van der Waals surface area contributed by atoms with E-state index in [0.717, 1.165) is 26.8 Å². The van der Waals surface area contributed by atoms with Crippen molar-refractivity contribution in [2.75, 3.05) is 13.6 Å². The number of hydrazine groups is 1. The van der Waals surface area contributed by atoms with Crippen LogP contribution in [0.15, 0.2) is 34.5 Å². The third-order valence-corrected chi connectivity index (χ3v) is 7.02. The molecule has 1 heterocycles. The molecule has 7 nitrogen and oxygen atoms in total. The molecule has 0 aliphatic rings. The van der Waals surface area contributed by atoms with Crippen LogP contribution in [0.25, 0.3) is 0 Å². The number of hydrogen-bond donors (Lipinski definition) is 2. The van der Waals surface area contributed by atoms with Gasteiger partial charge in [0.05, 0.1) is 10.9 Å². The molecule has 1 aromatic heterocycles. The lowest BCUT2D eigenvalue weighted by Crippen LogP contribution is -2.46. The van der Waals surface area contributed by atoms with Crippen LogP contribution < -0.4 is 10.9 Å². The van der Waals surface area contributed by atoms with E-state index in [4.69, 9.17) is 11.6 Å². The Morgan fingerprint density at radius 2 is 1.85 bits per heavy atom. The maximum absolute atomic E-state index is 12.3. The molecule has 0 saturated carbocycles. The molecule has 140 valence electrons. The van der Waals surface area contributed by atoms with E-state index < -0.39 is 28.4 Å². The lowest BCUT2D eigenvalue weighted by atomic mass is 10.1. The SMILES string of the molecule is Cc1ccc(C(=O)NNC(=O)CN(C)S(=O)(=O)c2ccc(Cl)s2)c(C)c1. The zero-order valence-electron chi connectivity index (χ0n) is 14.4. The maximum atomic E-state index is 12.3. The molecule has 0 bridgehead atoms. The van der Waals surface area contributed by atoms with E-state index in [-0.39, 0.29) is 4.21 Å². The van der Waals surface area contributed by atoms with Crippen LogP contribution in [-0.2, 0) is 14.8 Å². The summed E-state index contributed by atoms with van der Waals surface area (Å²) in [5, 5.41) is 0. The lowest BCUT2D eigenvalue weighted by molar-refractivity contribution is -0.121. The van der Waals surface area contributed by atoms with Crippen LogP contribution in [0, 0.1) is 13.8 Å². The number of nitrogens with one attached hydrogen (secondary N) is 2. The first-order valence-electron chi connectivity index (χ1n) is 7.49. The summed E-state index contributed by atoms with van der Waals surface area (Å²) in [6.07, 6.45) is 0. The van der Waals surface area contributed by atoms with Gasteiger partial charge >= 0.3 is 0 Å². The van der Waals surface area contributed by atoms with Crippen LogP contribution in [-0.4, -0.2) is 38.1 Å². The zero-order chi connectivity index (χ0) is 19.5. The second kappa shape index (κ2) is 8.17. The highest BCUT2D eigenvalue weighted by atomic mass is 35.5. The highest BCUT2D eigenvalue weighted by molar-refractivity contribution is 7.91. The highest BCUT2D eigenvalue weighted by Gasteiger charge is 2.24. The highest BCUT2D eigenvalue weighted by Crippen LogP contribution is 2.27. The number of nitrogens with zero attached hydrogens (tertiary/aromatic N) is 1. The van der Waals surface area contributed by atoms with Gasteiger partial charge in [0.25, 0.3) is 21.8 Å². The second-order valence-corrected chi connectivity index (χ2v) is 9.63. The molecule has 0 radical (unpaired) electrons. The van der Waals surface area contributed by atoms with Crippen molar-refractivity contribution in [1.29, 1.82) is 0 Å². The van der Waals surface area contributed by atoms with Gasteiger partial charge in [0.1, 0.15) is 4.21 Å². The minimum Gasteiger partial charge on any atom is -0.272 e. The number of sulfonamides is 1. The van der Waals surface area contributed by atoms with E-state index >= 15 is 0 Å². The number of aryl methyl sites for hydroxylation is 2. The van der Waals surface area contributed by atoms with E-state index in [0.29, 0.717) is 9.90 Å². The van der Waals surface area contributed by atoms with Crippen LogP contribution in [0.4, 0.5) is 0 Å². The van der Waals surface area contributed by atoms with Gasteiger partial charge in [0.15, 0.2) is 0 Å². The fourth-order valence-electron chi connectivity index (χ4n) is 2.18. The molecule has 1 aromatic carbocycles. The number of benzene rings is 1. The molecule has 2 rings (SSSR count). The second-order valence-electron chi connectivity index (χ2n) is 5.64. The molecule has 0 unspecified atom stereocenters. The standard InChI is InChI=1S/C16H18ClN3O4S2/c1-10-4-5-12(11(2)8-10)16(22)19-18-14(21)9-20(3)26(23,24)15-7-6-13(17)25-15/h4-8H,9H2,1-3H3,(H,18,21)(H,19,22). The Morgan fingerprint density at radius 1 is 1.15 bits per heavy atom. The van der Waals surface area contributed by atoms with Gasteiger partial charge in [-0.1, -0.05) is 29.3 Å². The predicted octanol–water partition coefficient (Wildman–Crippen LogP) is 2.10. The number of likely N-dealkylation sites (N-methyl/N-ethyl adjacent to an activating group) is 1. The Morgan fingerprint density at radius 3 is 2.42 bits per heavy atom. The van der Waals surface area contributed by atoms with E-state index in [1.165, 1.54) is 19.2 Å². The summed E-state index contributed by atoms with van der Waals surface area (Å²) < 4.78 is 25.9. The van der Waals surface area contributed by atoms with Gasteiger partial charge < -0.3 is 0 Å². The Bertz CT molecular complexity index is 941. The van der Waals surface area contributed by atoms with Gasteiger partial charge in [0, 0.05) is 12.6 Å². The monoisotopic (exact) mass is 415 g/mol. The molecular weight excluding hydrogens is 398 g/mol. The molecule has 2 N–H and O–H groups in total. The lowest BCUT2D eigenvalue weighted by Gasteiger charge is -2.16. The number of carbonyl (C=O) groups is 2. The number of amides is 2. The first-order chi connectivity index (χ1) is 12.1. The van der Waals surface area contributed by atoms with Gasteiger partial charge in [-0.05, 0) is 37.6 Å². The fraction of sp³-hybridized carbons (Fsp3) is 0.250. The molecular formula is C16H18ClN3O4S2. The van der Waals surface area contributed by atoms with Crippen molar-refractivity contribution in [3.63, 3.8) is 0 Å². The minimum atomic E-state index is -3.82. The Balaban J connectivity index is 1.95. The number of carbonyl (C=O) groups excluding carboxylic acids is 2. The van der Waals surface area contributed by atoms with Gasteiger partial charge in [0.2, 0.25) is 0 Å². The predicted molar refractivity (Wildman–Crippen MR) is 101 cm³/mol. The summed E-state index contributed by atoms with van der Waals surface area (Å²) in [5.41, 5.74) is 6.70. The molecule has 0 saturated heterocycles. The molecule has 0 aliphatic heterocycles. The normalized spacial score (nSPS) is 11.4. The molecule has 0 fully saturated rings. The summed E-state index contributed by atoms with van der Waals surface area (Å²) in [6, 6.07) is 8.14. The van der Waals surface area contributed by atoms with Gasteiger partial charge in [-0.2, -0.15) is 4.31 Å². The summed E-state index contributed by atoms with van der Waals surface area (Å²) in [4.78, 5) is 24.1. The Labute approximate surface area is 161 Å². The smallest absolute Gasteiger partial charge is 0.269 e. The average molecular weight is 416 g/mol. The van der Waals surface area contributed by atoms with Crippen LogP contribution in [0.1, 0.15) is 21.5 Å². The van der Waals surface area contributed by atoms with E-state index in [1.807, 2.05) is 13.0 Å². The van der Waals surface area contributed by atoms with Crippen molar-refractivity contribution in [2.45, 2.75) is 18.1 Å². The number of rotatable bonds is 5. The Hall–Kier alpha value is -1.94. The quantitative estimate of drug-likeness (QED) is 0.731. The van der Waals surface area contributed by atoms with Crippen LogP contribution in [0.3, 0.4) is 0 Å². The molecule has 0 atom stereocenters. The van der Waals surface area contributed by atoms with Crippen molar-refractivity contribution in [3.05, 3.63) is 51.4 Å².